The van der Waals surface area contributed by atoms with Crippen LogP contribution < -0.4 is 29.0 Å². The van der Waals surface area contributed by atoms with Gasteiger partial charge in [0.2, 0.25) is 5.75 Å². The average Bonchev–Trinajstić information content (AvgIpc) is 2.89. The van der Waals surface area contributed by atoms with Gasteiger partial charge in [-0.05, 0) is 63.4 Å². The van der Waals surface area contributed by atoms with Crippen molar-refractivity contribution in [3.63, 3.8) is 0 Å². The molecule has 2 aromatic carbocycles. The van der Waals surface area contributed by atoms with Gasteiger partial charge in [0.15, 0.2) is 23.0 Å². The SMILES string of the molecule is CCOc1cc(C(=O)NCC2(c3ccc(OC)c(OC)c3)CCOCC2)cc(OCC)c1OCC. The van der Waals surface area contributed by atoms with Crippen LogP contribution in [0.3, 0.4) is 0 Å². The molecule has 1 aliphatic rings. The Morgan fingerprint density at radius 1 is 0.857 bits per heavy atom. The summed E-state index contributed by atoms with van der Waals surface area (Å²) in [7, 11) is 3.24. The fourth-order valence-electron chi connectivity index (χ4n) is 4.37. The van der Waals surface area contributed by atoms with E-state index >= 15 is 0 Å². The highest BCUT2D eigenvalue weighted by molar-refractivity contribution is 5.95. The second kappa shape index (κ2) is 12.5. The second-order valence-electron chi connectivity index (χ2n) is 8.25. The number of benzene rings is 2. The van der Waals surface area contributed by atoms with Crippen molar-refractivity contribution in [2.24, 2.45) is 0 Å². The standard InChI is InChI=1S/C27H37NO7/c1-6-33-23-15-19(16-24(34-7-2)25(23)35-8-3)26(29)28-18-27(11-13-32-14-12-27)20-9-10-21(30-4)22(17-20)31-5/h9-10,15-17H,6-8,11-14,18H2,1-5H3,(H,28,29). The molecule has 8 nitrogen and oxygen atoms in total. The Labute approximate surface area is 207 Å². The maximum Gasteiger partial charge on any atom is 0.251 e. The lowest BCUT2D eigenvalue weighted by Crippen LogP contribution is -2.44. The summed E-state index contributed by atoms with van der Waals surface area (Å²) in [6, 6.07) is 9.35. The quantitative estimate of drug-likeness (QED) is 0.476. The van der Waals surface area contributed by atoms with E-state index in [1.807, 2.05) is 39.0 Å². The molecule has 0 atom stereocenters. The summed E-state index contributed by atoms with van der Waals surface area (Å²) in [6.07, 6.45) is 1.56. The first-order valence-electron chi connectivity index (χ1n) is 12.2. The summed E-state index contributed by atoms with van der Waals surface area (Å²) in [6.45, 7) is 8.72. The summed E-state index contributed by atoms with van der Waals surface area (Å²) in [4.78, 5) is 13.3. The van der Waals surface area contributed by atoms with Crippen LogP contribution in [0.4, 0.5) is 0 Å². The van der Waals surface area contributed by atoms with E-state index in [0.29, 0.717) is 73.9 Å². The number of carbonyl (C=O) groups excluding carboxylic acids is 1. The lowest BCUT2D eigenvalue weighted by atomic mass is 9.74. The van der Waals surface area contributed by atoms with E-state index in [9.17, 15) is 4.79 Å². The summed E-state index contributed by atoms with van der Waals surface area (Å²) < 4.78 is 33.9. The zero-order valence-electron chi connectivity index (χ0n) is 21.4. The summed E-state index contributed by atoms with van der Waals surface area (Å²) >= 11 is 0. The second-order valence-corrected chi connectivity index (χ2v) is 8.25. The first-order chi connectivity index (χ1) is 17.0. The largest absolute Gasteiger partial charge is 0.493 e. The van der Waals surface area contributed by atoms with Crippen LogP contribution in [0.1, 0.15) is 49.5 Å². The molecule has 0 bridgehead atoms. The molecule has 35 heavy (non-hydrogen) atoms. The van der Waals surface area contributed by atoms with E-state index in [1.54, 1.807) is 26.4 Å². The fourth-order valence-corrected chi connectivity index (χ4v) is 4.37. The average molecular weight is 488 g/mol. The van der Waals surface area contributed by atoms with Crippen molar-refractivity contribution in [1.82, 2.24) is 5.32 Å². The molecule has 8 heteroatoms. The molecular formula is C27H37NO7. The van der Waals surface area contributed by atoms with E-state index < -0.39 is 0 Å². The Hall–Kier alpha value is -3.13. The predicted octanol–water partition coefficient (Wildman–Crippen LogP) is 4.38. The number of amides is 1. The Morgan fingerprint density at radius 3 is 2.00 bits per heavy atom. The monoisotopic (exact) mass is 487 g/mol. The number of ether oxygens (including phenoxy) is 6. The third kappa shape index (κ3) is 6.11. The molecule has 192 valence electrons. The summed E-state index contributed by atoms with van der Waals surface area (Å²) in [5.41, 5.74) is 1.25. The van der Waals surface area contributed by atoms with Crippen LogP contribution in [-0.4, -0.2) is 59.7 Å². The molecule has 1 heterocycles. The molecule has 2 aromatic rings. The smallest absolute Gasteiger partial charge is 0.251 e. The molecule has 1 saturated heterocycles. The first-order valence-corrected chi connectivity index (χ1v) is 12.2. The topological polar surface area (TPSA) is 84.5 Å². The van der Waals surface area contributed by atoms with Gasteiger partial charge in [-0.25, -0.2) is 0 Å². The van der Waals surface area contributed by atoms with Crippen molar-refractivity contribution in [1.29, 1.82) is 0 Å². The van der Waals surface area contributed by atoms with Crippen LogP contribution in [-0.2, 0) is 10.2 Å². The van der Waals surface area contributed by atoms with Gasteiger partial charge in [0.25, 0.3) is 5.91 Å². The first kappa shape index (κ1) is 26.5. The van der Waals surface area contributed by atoms with Gasteiger partial charge in [-0.1, -0.05) is 6.07 Å². The highest BCUT2D eigenvalue weighted by Crippen LogP contribution is 2.40. The van der Waals surface area contributed by atoms with Crippen LogP contribution in [0.2, 0.25) is 0 Å². The summed E-state index contributed by atoms with van der Waals surface area (Å²) in [5, 5.41) is 3.15. The lowest BCUT2D eigenvalue weighted by molar-refractivity contribution is 0.0486. The Morgan fingerprint density at radius 2 is 1.46 bits per heavy atom. The Bertz CT molecular complexity index is 958. The Balaban J connectivity index is 1.89. The van der Waals surface area contributed by atoms with Gasteiger partial charge in [-0.15, -0.1) is 0 Å². The molecule has 1 amide bonds. The number of hydrogen-bond donors (Lipinski definition) is 1. The minimum absolute atomic E-state index is 0.207. The van der Waals surface area contributed by atoms with E-state index in [4.69, 9.17) is 28.4 Å². The van der Waals surface area contributed by atoms with Gasteiger partial charge in [0.1, 0.15) is 0 Å². The third-order valence-electron chi connectivity index (χ3n) is 6.20. The van der Waals surface area contributed by atoms with Crippen LogP contribution >= 0.6 is 0 Å². The van der Waals surface area contributed by atoms with Crippen LogP contribution in [0.5, 0.6) is 28.7 Å². The highest BCUT2D eigenvalue weighted by atomic mass is 16.5. The van der Waals surface area contributed by atoms with Gasteiger partial charge in [0, 0.05) is 30.7 Å². The van der Waals surface area contributed by atoms with Gasteiger partial charge in [-0.3, -0.25) is 4.79 Å². The lowest BCUT2D eigenvalue weighted by Gasteiger charge is -2.38. The van der Waals surface area contributed by atoms with Crippen LogP contribution in [0.25, 0.3) is 0 Å². The molecule has 1 aliphatic heterocycles. The molecule has 3 rings (SSSR count). The van der Waals surface area contributed by atoms with Crippen molar-refractivity contribution >= 4 is 5.91 Å². The van der Waals surface area contributed by atoms with Crippen LogP contribution in [0, 0.1) is 0 Å². The number of nitrogens with one attached hydrogen (secondary N) is 1. The van der Waals surface area contributed by atoms with Gasteiger partial charge in [0.05, 0.1) is 34.0 Å². The molecule has 0 aromatic heterocycles. The molecular weight excluding hydrogens is 450 g/mol. The predicted molar refractivity (Wildman–Crippen MR) is 134 cm³/mol. The van der Waals surface area contributed by atoms with Gasteiger partial charge >= 0.3 is 0 Å². The van der Waals surface area contributed by atoms with Gasteiger partial charge < -0.3 is 33.7 Å². The minimum Gasteiger partial charge on any atom is -0.493 e. The van der Waals surface area contributed by atoms with Crippen molar-refractivity contribution in [3.8, 4) is 28.7 Å². The molecule has 0 aliphatic carbocycles. The van der Waals surface area contributed by atoms with Crippen molar-refractivity contribution in [2.45, 2.75) is 39.0 Å². The van der Waals surface area contributed by atoms with E-state index in [1.165, 1.54) is 0 Å². The summed E-state index contributed by atoms with van der Waals surface area (Å²) in [5.74, 6) is 2.62. The van der Waals surface area contributed by atoms with Crippen molar-refractivity contribution in [3.05, 3.63) is 41.5 Å². The fraction of sp³-hybridized carbons (Fsp3) is 0.519. The molecule has 1 N–H and O–H groups in total. The van der Waals surface area contributed by atoms with Gasteiger partial charge in [-0.2, -0.15) is 0 Å². The third-order valence-corrected chi connectivity index (χ3v) is 6.20. The molecule has 0 unspecified atom stereocenters. The molecule has 0 saturated carbocycles. The minimum atomic E-state index is -0.287. The number of methoxy groups -OCH3 is 2. The van der Waals surface area contributed by atoms with Crippen molar-refractivity contribution < 1.29 is 33.2 Å². The molecule has 1 fully saturated rings. The number of carbonyl (C=O) groups is 1. The van der Waals surface area contributed by atoms with Crippen LogP contribution in [0.15, 0.2) is 30.3 Å². The van der Waals surface area contributed by atoms with E-state index in [-0.39, 0.29) is 11.3 Å². The highest BCUT2D eigenvalue weighted by Gasteiger charge is 2.36. The number of hydrogen-bond acceptors (Lipinski definition) is 7. The maximum atomic E-state index is 13.3. The Kier molecular flexibility index (Phi) is 9.48. The van der Waals surface area contributed by atoms with E-state index in [2.05, 4.69) is 5.32 Å². The van der Waals surface area contributed by atoms with Crippen molar-refractivity contribution in [2.75, 3.05) is 53.8 Å². The van der Waals surface area contributed by atoms with E-state index in [0.717, 1.165) is 18.4 Å². The maximum absolute atomic E-state index is 13.3. The normalized spacial score (nSPS) is 14.7. The molecule has 0 radical (unpaired) electrons. The zero-order chi connectivity index (χ0) is 25.3. The number of rotatable bonds is 12. The zero-order valence-corrected chi connectivity index (χ0v) is 21.4. The molecule has 0 spiro atoms.